The maximum atomic E-state index is 11.7. The van der Waals surface area contributed by atoms with Gasteiger partial charge in [-0.1, -0.05) is 20.3 Å². The fraction of sp³-hybridized carbons (Fsp3) is 0.929. The van der Waals surface area contributed by atoms with Crippen LogP contribution in [0.3, 0.4) is 0 Å². The Kier molecular flexibility index (Phi) is 9.40. The van der Waals surface area contributed by atoms with Gasteiger partial charge in [-0.25, -0.2) is 0 Å². The van der Waals surface area contributed by atoms with Gasteiger partial charge >= 0.3 is 0 Å². The van der Waals surface area contributed by atoms with Crippen molar-refractivity contribution in [3.05, 3.63) is 0 Å². The molecule has 0 radical (unpaired) electrons. The van der Waals surface area contributed by atoms with Gasteiger partial charge in [-0.3, -0.25) is 9.69 Å². The van der Waals surface area contributed by atoms with Crippen molar-refractivity contribution in [1.29, 1.82) is 0 Å². The van der Waals surface area contributed by atoms with Gasteiger partial charge in [-0.15, -0.1) is 12.4 Å². The van der Waals surface area contributed by atoms with Gasteiger partial charge in [0.2, 0.25) is 5.91 Å². The molecule has 2 unspecified atom stereocenters. The van der Waals surface area contributed by atoms with Crippen LogP contribution in [0.4, 0.5) is 0 Å². The Balaban J connectivity index is 0.00000324. The molecule has 0 aromatic rings. The number of carbonyl (C=O) groups excluding carboxylic acids is 1. The summed E-state index contributed by atoms with van der Waals surface area (Å²) >= 11 is 0. The van der Waals surface area contributed by atoms with Gasteiger partial charge in [0.15, 0.2) is 0 Å². The maximum Gasteiger partial charge on any atom is 0.236 e. The van der Waals surface area contributed by atoms with Crippen molar-refractivity contribution >= 4 is 18.3 Å². The highest BCUT2D eigenvalue weighted by Gasteiger charge is 2.21. The second-order valence-corrected chi connectivity index (χ2v) is 5.71. The van der Waals surface area contributed by atoms with E-state index in [1.165, 1.54) is 12.8 Å². The summed E-state index contributed by atoms with van der Waals surface area (Å²) in [7, 11) is 0. The number of rotatable bonds is 6. The summed E-state index contributed by atoms with van der Waals surface area (Å²) in [6.45, 7) is 9.56. The molecule has 0 aromatic heterocycles. The monoisotopic (exact) mass is 291 g/mol. The van der Waals surface area contributed by atoms with Gasteiger partial charge in [0.25, 0.3) is 0 Å². The average Bonchev–Trinajstić information content (AvgIpc) is 2.36. The van der Waals surface area contributed by atoms with Crippen LogP contribution in [-0.4, -0.2) is 42.5 Å². The van der Waals surface area contributed by atoms with Crippen LogP contribution >= 0.6 is 12.4 Å². The molecule has 0 saturated carbocycles. The Labute approximate surface area is 123 Å². The number of likely N-dealkylation sites (tertiary alicyclic amines) is 1. The molecule has 0 bridgehead atoms. The third-order valence-electron chi connectivity index (χ3n) is 3.95. The van der Waals surface area contributed by atoms with Gasteiger partial charge in [-0.2, -0.15) is 0 Å². The zero-order chi connectivity index (χ0) is 13.5. The van der Waals surface area contributed by atoms with Gasteiger partial charge in [0.05, 0.1) is 6.04 Å². The molecule has 0 spiro atoms. The van der Waals surface area contributed by atoms with Crippen molar-refractivity contribution in [2.45, 2.75) is 58.5 Å². The summed E-state index contributed by atoms with van der Waals surface area (Å²) in [4.78, 5) is 14.2. The highest BCUT2D eigenvalue weighted by molar-refractivity contribution is 5.85. The Morgan fingerprint density at radius 1 is 1.42 bits per heavy atom. The molecule has 19 heavy (non-hydrogen) atoms. The van der Waals surface area contributed by atoms with Crippen molar-refractivity contribution < 1.29 is 4.79 Å². The van der Waals surface area contributed by atoms with E-state index in [1.54, 1.807) is 0 Å². The molecule has 1 aliphatic rings. The number of halogens is 1. The van der Waals surface area contributed by atoms with Gasteiger partial charge < -0.3 is 11.1 Å². The Bertz CT molecular complexity index is 255. The highest BCUT2D eigenvalue weighted by atomic mass is 35.5. The minimum absolute atomic E-state index is 0. The highest BCUT2D eigenvalue weighted by Crippen LogP contribution is 2.17. The summed E-state index contributed by atoms with van der Waals surface area (Å²) in [5.41, 5.74) is 5.78. The minimum atomic E-state index is -0.344. The number of hydrogen-bond donors (Lipinski definition) is 2. The van der Waals surface area contributed by atoms with Crippen LogP contribution in [0.15, 0.2) is 0 Å². The van der Waals surface area contributed by atoms with E-state index in [9.17, 15) is 4.79 Å². The molecule has 1 fully saturated rings. The molecule has 1 aliphatic heterocycles. The second-order valence-electron chi connectivity index (χ2n) is 5.71. The predicted molar refractivity (Wildman–Crippen MR) is 82.6 cm³/mol. The predicted octanol–water partition coefficient (Wildman–Crippen LogP) is 1.77. The van der Waals surface area contributed by atoms with Crippen LogP contribution in [-0.2, 0) is 4.79 Å². The number of amides is 1. The zero-order valence-electron chi connectivity index (χ0n) is 12.5. The lowest BCUT2D eigenvalue weighted by Crippen LogP contribution is -2.48. The smallest absolute Gasteiger partial charge is 0.236 e. The lowest BCUT2D eigenvalue weighted by Gasteiger charge is -2.35. The topological polar surface area (TPSA) is 58.4 Å². The molecule has 1 amide bonds. The van der Waals surface area contributed by atoms with E-state index < -0.39 is 0 Å². The van der Waals surface area contributed by atoms with Crippen LogP contribution in [0.2, 0.25) is 0 Å². The fourth-order valence-electron chi connectivity index (χ4n) is 2.42. The molecule has 3 N–H and O–H groups in total. The normalized spacial score (nSPS) is 20.4. The lowest BCUT2D eigenvalue weighted by atomic mass is 9.98. The van der Waals surface area contributed by atoms with E-state index in [-0.39, 0.29) is 24.4 Å². The number of nitrogens with zero attached hydrogens (tertiary/aromatic N) is 1. The van der Waals surface area contributed by atoms with E-state index in [0.29, 0.717) is 12.6 Å². The average molecular weight is 292 g/mol. The largest absolute Gasteiger partial charge is 0.353 e. The van der Waals surface area contributed by atoms with Gasteiger partial charge in [0.1, 0.15) is 0 Å². The first kappa shape index (κ1) is 18.7. The van der Waals surface area contributed by atoms with Crippen LogP contribution in [0.5, 0.6) is 0 Å². The Hall–Kier alpha value is -0.320. The number of carbonyl (C=O) groups is 1. The third-order valence-corrected chi connectivity index (χ3v) is 3.95. The molecule has 0 aromatic carbocycles. The number of nitrogens with one attached hydrogen (secondary N) is 1. The second kappa shape index (κ2) is 9.56. The fourth-order valence-corrected chi connectivity index (χ4v) is 2.42. The summed E-state index contributed by atoms with van der Waals surface area (Å²) < 4.78 is 0. The third kappa shape index (κ3) is 6.59. The van der Waals surface area contributed by atoms with Crippen molar-refractivity contribution in [2.75, 3.05) is 19.6 Å². The van der Waals surface area contributed by atoms with Crippen LogP contribution in [0.25, 0.3) is 0 Å². The van der Waals surface area contributed by atoms with Gasteiger partial charge in [0, 0.05) is 12.6 Å². The molecule has 114 valence electrons. The lowest BCUT2D eigenvalue weighted by molar-refractivity contribution is -0.122. The van der Waals surface area contributed by atoms with Gasteiger partial charge in [-0.05, 0) is 45.2 Å². The van der Waals surface area contributed by atoms with Crippen molar-refractivity contribution in [3.63, 3.8) is 0 Å². The van der Waals surface area contributed by atoms with E-state index in [0.717, 1.165) is 31.8 Å². The molecule has 0 aliphatic carbocycles. The van der Waals surface area contributed by atoms with Crippen molar-refractivity contribution in [2.24, 2.45) is 11.7 Å². The van der Waals surface area contributed by atoms with Crippen molar-refractivity contribution in [1.82, 2.24) is 10.2 Å². The molecule has 1 rings (SSSR count). The number of piperidine rings is 1. The standard InChI is InChI=1S/C14H29N3O.ClH/c1-4-5-13(15)14(18)16-10-12(3)17-8-6-11(2)7-9-17;/h11-13H,4-10,15H2,1-3H3,(H,16,18);1H. The Morgan fingerprint density at radius 2 is 2.00 bits per heavy atom. The first-order chi connectivity index (χ1) is 8.54. The number of hydrogen-bond acceptors (Lipinski definition) is 3. The van der Waals surface area contributed by atoms with E-state index >= 15 is 0 Å². The quantitative estimate of drug-likeness (QED) is 0.784. The first-order valence-electron chi connectivity index (χ1n) is 7.32. The zero-order valence-corrected chi connectivity index (χ0v) is 13.3. The molecule has 5 heteroatoms. The maximum absolute atomic E-state index is 11.7. The molecule has 2 atom stereocenters. The summed E-state index contributed by atoms with van der Waals surface area (Å²) in [5.74, 6) is 0.843. The van der Waals surface area contributed by atoms with E-state index in [4.69, 9.17) is 5.73 Å². The minimum Gasteiger partial charge on any atom is -0.353 e. The number of nitrogens with two attached hydrogens (primary N) is 1. The molecule has 4 nitrogen and oxygen atoms in total. The van der Waals surface area contributed by atoms with E-state index in [2.05, 4.69) is 24.1 Å². The van der Waals surface area contributed by atoms with Crippen LogP contribution in [0, 0.1) is 5.92 Å². The van der Waals surface area contributed by atoms with Crippen molar-refractivity contribution in [3.8, 4) is 0 Å². The summed E-state index contributed by atoms with van der Waals surface area (Å²) in [6.07, 6.45) is 4.26. The molecular weight excluding hydrogens is 262 g/mol. The SMILES string of the molecule is CCCC(N)C(=O)NCC(C)N1CCC(C)CC1.Cl. The summed E-state index contributed by atoms with van der Waals surface area (Å²) in [5, 5.41) is 2.97. The van der Waals surface area contributed by atoms with Crippen LogP contribution < -0.4 is 11.1 Å². The Morgan fingerprint density at radius 3 is 2.53 bits per heavy atom. The summed E-state index contributed by atoms with van der Waals surface area (Å²) in [6, 6.07) is 0.0684. The van der Waals surface area contributed by atoms with E-state index in [1.807, 2.05) is 6.92 Å². The molecule has 1 heterocycles. The first-order valence-corrected chi connectivity index (χ1v) is 7.32. The molecular formula is C14H30ClN3O. The molecule has 1 saturated heterocycles. The van der Waals surface area contributed by atoms with Crippen LogP contribution in [0.1, 0.15) is 46.5 Å².